The van der Waals surface area contributed by atoms with Gasteiger partial charge in [-0.1, -0.05) is 0 Å². The second-order valence-corrected chi connectivity index (χ2v) is 3.87. The van der Waals surface area contributed by atoms with E-state index >= 15 is 0 Å². The van der Waals surface area contributed by atoms with Gasteiger partial charge in [0.15, 0.2) is 5.69 Å². The van der Waals surface area contributed by atoms with Gasteiger partial charge in [0, 0.05) is 0 Å². The number of anilines is 1. The number of rotatable bonds is 3. The van der Waals surface area contributed by atoms with Gasteiger partial charge in [-0.25, -0.2) is 0 Å². The number of amides is 1. The second-order valence-electron chi connectivity index (χ2n) is 3.87. The molecule has 0 aromatic carbocycles. The monoisotopic (exact) mass is 246 g/mol. The minimum absolute atomic E-state index is 0.00967. The van der Waals surface area contributed by atoms with Crippen molar-refractivity contribution < 1.29 is 18.0 Å². The molecule has 1 fully saturated rings. The maximum absolute atomic E-state index is 12.6. The molecule has 1 aromatic heterocycles. The molecule has 2 rings (SSSR count). The number of hydrogen-bond acceptors (Lipinski definition) is 4. The fourth-order valence-corrected chi connectivity index (χ4v) is 1.38. The first-order valence-corrected chi connectivity index (χ1v) is 4.82. The number of nitrogens with two attached hydrogens (primary N) is 1. The average Bonchev–Trinajstić information content (AvgIpc) is 2.98. The van der Waals surface area contributed by atoms with Crippen LogP contribution >= 0.6 is 0 Å². The molecular formula is C9H9F3N4O. The minimum Gasteiger partial charge on any atom is -0.364 e. The molecule has 0 aliphatic heterocycles. The molecule has 0 spiro atoms. The van der Waals surface area contributed by atoms with Gasteiger partial charge in [-0.3, -0.25) is 4.79 Å². The second kappa shape index (κ2) is 3.57. The Morgan fingerprint density at radius 2 is 2.00 bits per heavy atom. The molecule has 3 N–H and O–H groups in total. The van der Waals surface area contributed by atoms with Crippen LogP contribution in [0.3, 0.4) is 0 Å². The summed E-state index contributed by atoms with van der Waals surface area (Å²) in [6.07, 6.45) is -4.30. The summed E-state index contributed by atoms with van der Waals surface area (Å²) in [4.78, 5) is 10.7. The third kappa shape index (κ3) is 2.15. The van der Waals surface area contributed by atoms with Crippen molar-refractivity contribution in [3.05, 3.63) is 17.8 Å². The minimum atomic E-state index is -4.32. The lowest BCUT2D eigenvalue weighted by atomic mass is 10.2. The van der Waals surface area contributed by atoms with E-state index < -0.39 is 17.6 Å². The molecule has 92 valence electrons. The Balaban J connectivity index is 2.13. The zero-order valence-corrected chi connectivity index (χ0v) is 8.58. The summed E-state index contributed by atoms with van der Waals surface area (Å²) in [5.41, 5.74) is 2.95. The number of halogens is 3. The quantitative estimate of drug-likeness (QED) is 0.836. The highest BCUT2D eigenvalue weighted by Crippen LogP contribution is 2.50. The summed E-state index contributed by atoms with van der Waals surface area (Å²) in [5.74, 6) is -0.800. The number of alkyl halides is 3. The van der Waals surface area contributed by atoms with Gasteiger partial charge in [0.1, 0.15) is 11.4 Å². The lowest BCUT2D eigenvalue weighted by Gasteiger charge is -2.20. The predicted molar refractivity (Wildman–Crippen MR) is 52.2 cm³/mol. The highest BCUT2D eigenvalue weighted by molar-refractivity contribution is 5.90. The van der Waals surface area contributed by atoms with E-state index in [9.17, 15) is 18.0 Å². The van der Waals surface area contributed by atoms with Gasteiger partial charge in [-0.05, 0) is 25.0 Å². The maximum Gasteiger partial charge on any atom is 0.411 e. The molecule has 17 heavy (non-hydrogen) atoms. The molecule has 0 saturated heterocycles. The van der Waals surface area contributed by atoms with Crippen LogP contribution < -0.4 is 11.1 Å². The lowest BCUT2D eigenvalue weighted by Crippen LogP contribution is -2.39. The summed E-state index contributed by atoms with van der Waals surface area (Å²) >= 11 is 0. The molecule has 8 heteroatoms. The fourth-order valence-electron chi connectivity index (χ4n) is 1.38. The molecule has 0 bridgehead atoms. The average molecular weight is 246 g/mol. The van der Waals surface area contributed by atoms with Crippen molar-refractivity contribution in [2.75, 3.05) is 5.32 Å². The topological polar surface area (TPSA) is 80.9 Å². The SMILES string of the molecule is NC(=O)c1ccc(NC2(C(F)(F)F)CC2)nn1. The van der Waals surface area contributed by atoms with E-state index in [1.807, 2.05) is 0 Å². The normalized spacial score (nSPS) is 17.6. The van der Waals surface area contributed by atoms with E-state index in [1.165, 1.54) is 12.1 Å². The Labute approximate surface area is 94.2 Å². The standard InChI is InChI=1S/C9H9F3N4O/c10-9(11,12)8(3-4-8)14-6-2-1-5(7(13)17)15-16-6/h1-2H,3-4H2,(H2,13,17)(H,14,16). The molecule has 5 nitrogen and oxygen atoms in total. The number of primary amides is 1. The molecule has 0 unspecified atom stereocenters. The number of carbonyl (C=O) groups excluding carboxylic acids is 1. The van der Waals surface area contributed by atoms with E-state index in [-0.39, 0.29) is 24.4 Å². The first-order valence-electron chi connectivity index (χ1n) is 4.82. The van der Waals surface area contributed by atoms with Crippen LogP contribution in [0.2, 0.25) is 0 Å². The van der Waals surface area contributed by atoms with Gasteiger partial charge in [-0.15, -0.1) is 10.2 Å². The third-order valence-electron chi connectivity index (χ3n) is 2.58. The van der Waals surface area contributed by atoms with Crippen molar-refractivity contribution in [1.82, 2.24) is 10.2 Å². The molecule has 1 amide bonds. The van der Waals surface area contributed by atoms with E-state index in [2.05, 4.69) is 15.5 Å². The van der Waals surface area contributed by atoms with Crippen molar-refractivity contribution in [3.63, 3.8) is 0 Å². The summed E-state index contributed by atoms with van der Waals surface area (Å²) in [6.45, 7) is 0. The summed E-state index contributed by atoms with van der Waals surface area (Å²) in [7, 11) is 0. The van der Waals surface area contributed by atoms with Crippen LogP contribution in [0, 0.1) is 0 Å². The van der Waals surface area contributed by atoms with Crippen LogP contribution in [0.15, 0.2) is 12.1 Å². The molecule has 1 aliphatic carbocycles. The van der Waals surface area contributed by atoms with Crippen LogP contribution in [0.5, 0.6) is 0 Å². The smallest absolute Gasteiger partial charge is 0.364 e. The molecule has 0 radical (unpaired) electrons. The lowest BCUT2D eigenvalue weighted by molar-refractivity contribution is -0.151. The van der Waals surface area contributed by atoms with Crippen LogP contribution in [0.4, 0.5) is 19.0 Å². The number of carbonyl (C=O) groups is 1. The highest BCUT2D eigenvalue weighted by Gasteiger charge is 2.63. The molecule has 0 atom stereocenters. The van der Waals surface area contributed by atoms with Gasteiger partial charge >= 0.3 is 6.18 Å². The van der Waals surface area contributed by atoms with E-state index in [0.717, 1.165) is 0 Å². The molecule has 1 heterocycles. The van der Waals surface area contributed by atoms with Gasteiger partial charge < -0.3 is 11.1 Å². The molecule has 1 aliphatic rings. The number of hydrogen-bond donors (Lipinski definition) is 2. The zero-order valence-electron chi connectivity index (χ0n) is 8.58. The van der Waals surface area contributed by atoms with E-state index in [0.29, 0.717) is 0 Å². The molecule has 1 saturated carbocycles. The van der Waals surface area contributed by atoms with E-state index in [1.54, 1.807) is 0 Å². The number of nitrogens with zero attached hydrogens (tertiary/aromatic N) is 2. The Morgan fingerprint density at radius 1 is 1.35 bits per heavy atom. The van der Waals surface area contributed by atoms with Crippen molar-refractivity contribution in [1.29, 1.82) is 0 Å². The van der Waals surface area contributed by atoms with E-state index in [4.69, 9.17) is 5.73 Å². The van der Waals surface area contributed by atoms with Gasteiger partial charge in [0.2, 0.25) is 0 Å². The van der Waals surface area contributed by atoms with Crippen LogP contribution in [-0.4, -0.2) is 27.8 Å². The first kappa shape index (κ1) is 11.6. The van der Waals surface area contributed by atoms with Crippen molar-refractivity contribution in [2.24, 2.45) is 5.73 Å². The summed E-state index contributed by atoms with van der Waals surface area (Å²) in [6, 6.07) is 2.48. The first-order chi connectivity index (χ1) is 7.84. The Kier molecular flexibility index (Phi) is 2.44. The van der Waals surface area contributed by atoms with Crippen molar-refractivity contribution in [2.45, 2.75) is 24.6 Å². The maximum atomic E-state index is 12.6. The van der Waals surface area contributed by atoms with Crippen LogP contribution in [-0.2, 0) is 0 Å². The third-order valence-corrected chi connectivity index (χ3v) is 2.58. The van der Waals surface area contributed by atoms with Gasteiger partial charge in [-0.2, -0.15) is 13.2 Å². The van der Waals surface area contributed by atoms with Crippen LogP contribution in [0.1, 0.15) is 23.3 Å². The molecule has 1 aromatic rings. The highest BCUT2D eigenvalue weighted by atomic mass is 19.4. The number of aromatic nitrogens is 2. The Hall–Kier alpha value is -1.86. The van der Waals surface area contributed by atoms with Gasteiger partial charge in [0.05, 0.1) is 0 Å². The summed E-state index contributed by atoms with van der Waals surface area (Å²) < 4.78 is 37.8. The predicted octanol–water partition coefficient (Wildman–Crippen LogP) is 1.08. The van der Waals surface area contributed by atoms with Gasteiger partial charge in [0.25, 0.3) is 5.91 Å². The Bertz CT molecular complexity index is 439. The number of nitrogens with one attached hydrogen (secondary N) is 1. The van der Waals surface area contributed by atoms with Crippen molar-refractivity contribution in [3.8, 4) is 0 Å². The molecular weight excluding hydrogens is 237 g/mol. The van der Waals surface area contributed by atoms with Crippen molar-refractivity contribution >= 4 is 11.7 Å². The summed E-state index contributed by atoms with van der Waals surface area (Å²) in [5, 5.41) is 9.18. The largest absolute Gasteiger partial charge is 0.411 e. The zero-order chi connectivity index (χ0) is 12.7. The van der Waals surface area contributed by atoms with Crippen LogP contribution in [0.25, 0.3) is 0 Å². The fraction of sp³-hybridized carbons (Fsp3) is 0.444. The Morgan fingerprint density at radius 3 is 2.35 bits per heavy atom.